The molecule has 1 aromatic rings. The van der Waals surface area contributed by atoms with Gasteiger partial charge in [0.05, 0.1) is 12.4 Å². The minimum atomic E-state index is -0.361. The third kappa shape index (κ3) is 6.03. The number of anilines is 1. The first-order valence-electron chi connectivity index (χ1n) is 6.14. The molecule has 1 aromatic heterocycles. The number of carbonyl (C=O) groups excluding carboxylic acids is 1. The highest BCUT2D eigenvalue weighted by atomic mass is 19.1. The lowest BCUT2D eigenvalue weighted by Crippen LogP contribution is -2.21. The first kappa shape index (κ1) is 15.7. The smallest absolute Gasteiger partial charge is 0.269 e. The number of carbonyl (C=O) groups is 1. The van der Waals surface area contributed by atoms with Gasteiger partial charge < -0.3 is 5.73 Å². The number of nitrogens with one attached hydrogen (secondary N) is 2. The van der Waals surface area contributed by atoms with Crippen molar-refractivity contribution in [2.75, 3.05) is 11.9 Å². The third-order valence-electron chi connectivity index (χ3n) is 2.47. The van der Waals surface area contributed by atoms with Gasteiger partial charge >= 0.3 is 0 Å². The van der Waals surface area contributed by atoms with E-state index in [9.17, 15) is 9.18 Å². The maximum Gasteiger partial charge on any atom is 0.269 e. The van der Waals surface area contributed by atoms with Crippen molar-refractivity contribution in [1.29, 1.82) is 0 Å². The standard InChI is InChI=1S/C11H18FN7O/c1-7(10(20)15-11-16-18-19-17-11)4-3-5-9(12)6-14-8(2)13/h5,7H,3-4,6H2,1-2H3,(H2,13,14)(H2,15,16,17,18,19,20)/b9-5+. The number of nitrogens with zero attached hydrogens (tertiary/aromatic N) is 4. The molecule has 0 saturated heterocycles. The first-order valence-corrected chi connectivity index (χ1v) is 6.14. The first-order chi connectivity index (χ1) is 9.49. The van der Waals surface area contributed by atoms with Gasteiger partial charge in [-0.25, -0.2) is 4.39 Å². The Hall–Kier alpha value is -2.32. The molecule has 0 saturated carbocycles. The predicted octanol–water partition coefficient (Wildman–Crippen LogP) is 0.785. The number of amidine groups is 1. The molecular formula is C11H18FN7O. The number of aliphatic imine (C=N–C) groups is 1. The van der Waals surface area contributed by atoms with E-state index in [1.54, 1.807) is 13.8 Å². The SMILES string of the molecule is CC(N)=NC/C(F)=C\CCC(C)C(=O)Nc1nn[nH]n1. The molecule has 8 nitrogen and oxygen atoms in total. The summed E-state index contributed by atoms with van der Waals surface area (Å²) in [5, 5.41) is 15.3. The number of rotatable bonds is 7. The lowest BCUT2D eigenvalue weighted by atomic mass is 10.0. The van der Waals surface area contributed by atoms with Gasteiger partial charge in [0, 0.05) is 5.92 Å². The molecule has 4 N–H and O–H groups in total. The van der Waals surface area contributed by atoms with Crippen LogP contribution in [0.3, 0.4) is 0 Å². The molecule has 1 unspecified atom stereocenters. The summed E-state index contributed by atoms with van der Waals surface area (Å²) in [5.74, 6) is -0.438. The van der Waals surface area contributed by atoms with Crippen molar-refractivity contribution in [3.63, 3.8) is 0 Å². The van der Waals surface area contributed by atoms with Crippen LogP contribution in [0, 0.1) is 5.92 Å². The van der Waals surface area contributed by atoms with Gasteiger partial charge in [-0.3, -0.25) is 15.1 Å². The van der Waals surface area contributed by atoms with Crippen molar-refractivity contribution in [3.05, 3.63) is 11.9 Å². The van der Waals surface area contributed by atoms with Gasteiger partial charge in [0.2, 0.25) is 5.91 Å². The van der Waals surface area contributed by atoms with E-state index in [2.05, 4.69) is 30.9 Å². The van der Waals surface area contributed by atoms with E-state index in [1.165, 1.54) is 6.08 Å². The molecule has 1 amide bonds. The summed E-state index contributed by atoms with van der Waals surface area (Å²) < 4.78 is 13.3. The Morgan fingerprint density at radius 2 is 2.40 bits per heavy atom. The number of H-pyrrole nitrogens is 1. The van der Waals surface area contributed by atoms with E-state index < -0.39 is 0 Å². The van der Waals surface area contributed by atoms with Gasteiger partial charge in [-0.2, -0.15) is 5.21 Å². The van der Waals surface area contributed by atoms with Crippen LogP contribution in [0.15, 0.2) is 16.9 Å². The van der Waals surface area contributed by atoms with Crippen molar-refractivity contribution >= 4 is 17.7 Å². The average molecular weight is 283 g/mol. The number of aromatic nitrogens is 4. The molecule has 0 aliphatic rings. The second kappa shape index (κ2) is 7.97. The fourth-order valence-electron chi connectivity index (χ4n) is 1.33. The zero-order valence-corrected chi connectivity index (χ0v) is 11.4. The topological polar surface area (TPSA) is 122 Å². The lowest BCUT2D eigenvalue weighted by Gasteiger charge is -2.08. The predicted molar refractivity (Wildman–Crippen MR) is 72.6 cm³/mol. The molecule has 1 atom stereocenters. The number of hydrogen-bond acceptors (Lipinski definition) is 5. The summed E-state index contributed by atoms with van der Waals surface area (Å²) in [6.07, 6.45) is 2.35. The quantitative estimate of drug-likeness (QED) is 0.504. The zero-order valence-electron chi connectivity index (χ0n) is 11.4. The van der Waals surface area contributed by atoms with E-state index >= 15 is 0 Å². The monoisotopic (exact) mass is 283 g/mol. The Morgan fingerprint density at radius 3 is 3.00 bits per heavy atom. The Morgan fingerprint density at radius 1 is 1.65 bits per heavy atom. The van der Waals surface area contributed by atoms with E-state index in [0.717, 1.165) is 0 Å². The summed E-state index contributed by atoms with van der Waals surface area (Å²) in [6, 6.07) is 0. The normalized spacial score (nSPS) is 14.2. The van der Waals surface area contributed by atoms with Gasteiger partial charge in [-0.15, -0.1) is 5.10 Å². The van der Waals surface area contributed by atoms with Crippen molar-refractivity contribution in [1.82, 2.24) is 20.6 Å². The molecule has 0 bridgehead atoms. The zero-order chi connectivity index (χ0) is 15.0. The molecular weight excluding hydrogens is 265 g/mol. The highest BCUT2D eigenvalue weighted by molar-refractivity contribution is 5.90. The van der Waals surface area contributed by atoms with Crippen LogP contribution in [-0.4, -0.2) is 38.9 Å². The molecule has 0 radical (unpaired) electrons. The fraction of sp³-hybridized carbons (Fsp3) is 0.545. The van der Waals surface area contributed by atoms with E-state index in [1.807, 2.05) is 0 Å². The number of allylic oxidation sites excluding steroid dienone is 1. The third-order valence-corrected chi connectivity index (χ3v) is 2.47. The van der Waals surface area contributed by atoms with Crippen LogP contribution in [0.25, 0.3) is 0 Å². The maximum atomic E-state index is 13.3. The molecule has 0 fully saturated rings. The van der Waals surface area contributed by atoms with Crippen LogP contribution < -0.4 is 11.1 Å². The number of nitrogens with two attached hydrogens (primary N) is 1. The highest BCUT2D eigenvalue weighted by Crippen LogP contribution is 2.10. The Bertz CT molecular complexity index is 479. The summed E-state index contributed by atoms with van der Waals surface area (Å²) in [7, 11) is 0. The fourth-order valence-corrected chi connectivity index (χ4v) is 1.33. The average Bonchev–Trinajstić information content (AvgIpc) is 2.89. The molecule has 0 aromatic carbocycles. The van der Waals surface area contributed by atoms with Gasteiger partial charge in [-0.1, -0.05) is 18.1 Å². The van der Waals surface area contributed by atoms with Gasteiger partial charge in [-0.05, 0) is 25.0 Å². The summed E-state index contributed by atoms with van der Waals surface area (Å²) in [5.41, 5.74) is 5.31. The number of halogens is 1. The van der Waals surface area contributed by atoms with Crippen LogP contribution in [0.1, 0.15) is 26.7 Å². The minimum Gasteiger partial charge on any atom is -0.388 e. The van der Waals surface area contributed by atoms with Gasteiger partial charge in [0.1, 0.15) is 5.83 Å². The Labute approximate surface area is 115 Å². The van der Waals surface area contributed by atoms with Crippen LogP contribution in [0.2, 0.25) is 0 Å². The lowest BCUT2D eigenvalue weighted by molar-refractivity contribution is -0.119. The molecule has 1 rings (SSSR count). The molecule has 20 heavy (non-hydrogen) atoms. The molecule has 0 aliphatic heterocycles. The van der Waals surface area contributed by atoms with E-state index in [4.69, 9.17) is 5.73 Å². The number of tetrazole rings is 1. The summed E-state index contributed by atoms with van der Waals surface area (Å²) in [6.45, 7) is 3.27. The second-order valence-electron chi connectivity index (χ2n) is 4.31. The minimum absolute atomic E-state index is 0.0637. The second-order valence-corrected chi connectivity index (χ2v) is 4.31. The van der Waals surface area contributed by atoms with E-state index in [-0.39, 0.29) is 30.1 Å². The van der Waals surface area contributed by atoms with Crippen LogP contribution in [0.4, 0.5) is 10.3 Å². The number of amides is 1. The summed E-state index contributed by atoms with van der Waals surface area (Å²) >= 11 is 0. The largest absolute Gasteiger partial charge is 0.388 e. The van der Waals surface area contributed by atoms with Crippen molar-refractivity contribution < 1.29 is 9.18 Å². The van der Waals surface area contributed by atoms with E-state index in [0.29, 0.717) is 18.7 Å². The van der Waals surface area contributed by atoms with Crippen molar-refractivity contribution in [2.45, 2.75) is 26.7 Å². The van der Waals surface area contributed by atoms with Crippen molar-refractivity contribution in [3.8, 4) is 0 Å². The molecule has 0 spiro atoms. The summed E-state index contributed by atoms with van der Waals surface area (Å²) in [4.78, 5) is 15.5. The van der Waals surface area contributed by atoms with Crippen LogP contribution in [-0.2, 0) is 4.79 Å². The molecule has 9 heteroatoms. The maximum absolute atomic E-state index is 13.3. The molecule has 110 valence electrons. The number of aromatic amines is 1. The van der Waals surface area contributed by atoms with Crippen molar-refractivity contribution in [2.24, 2.45) is 16.6 Å². The number of hydrogen-bond donors (Lipinski definition) is 3. The van der Waals surface area contributed by atoms with Crippen LogP contribution in [0.5, 0.6) is 0 Å². The Balaban J connectivity index is 2.32. The molecule has 1 heterocycles. The van der Waals surface area contributed by atoms with Gasteiger partial charge in [0.15, 0.2) is 0 Å². The Kier molecular flexibility index (Phi) is 6.27. The van der Waals surface area contributed by atoms with Gasteiger partial charge in [0.25, 0.3) is 5.95 Å². The molecule has 0 aliphatic carbocycles. The highest BCUT2D eigenvalue weighted by Gasteiger charge is 2.14. The van der Waals surface area contributed by atoms with Crippen LogP contribution >= 0.6 is 0 Å².